The molecular weight excluding hydrogens is 207 g/mol. The summed E-state index contributed by atoms with van der Waals surface area (Å²) in [5.41, 5.74) is -1.45. The van der Waals surface area contributed by atoms with E-state index in [9.17, 15) is 13.2 Å². The largest absolute Gasteiger partial charge is 0.401 e. The van der Waals surface area contributed by atoms with Crippen LogP contribution < -0.4 is 0 Å². The minimum absolute atomic E-state index is 0.0616. The van der Waals surface area contributed by atoms with Crippen LogP contribution in [0.3, 0.4) is 0 Å². The van der Waals surface area contributed by atoms with E-state index in [2.05, 4.69) is 5.16 Å². The highest BCUT2D eigenvalue weighted by atomic mass is 19.4. The van der Waals surface area contributed by atoms with Crippen molar-refractivity contribution < 1.29 is 17.7 Å². The SMILES string of the molecule is CC(C)c1cc(C(C)(C)C(F)(F)F)on1. The van der Waals surface area contributed by atoms with Gasteiger partial charge in [0.25, 0.3) is 0 Å². The number of hydrogen-bond acceptors (Lipinski definition) is 2. The molecule has 0 saturated heterocycles. The molecule has 1 aromatic heterocycles. The molecule has 0 radical (unpaired) electrons. The number of rotatable bonds is 2. The van der Waals surface area contributed by atoms with Crippen LogP contribution in [-0.4, -0.2) is 11.3 Å². The summed E-state index contributed by atoms with van der Waals surface area (Å²) in [6, 6.07) is 1.37. The first-order valence-electron chi connectivity index (χ1n) is 4.70. The Balaban J connectivity index is 3.06. The van der Waals surface area contributed by atoms with E-state index >= 15 is 0 Å². The maximum Gasteiger partial charge on any atom is 0.401 e. The zero-order valence-electron chi connectivity index (χ0n) is 9.14. The fourth-order valence-electron chi connectivity index (χ4n) is 0.995. The van der Waals surface area contributed by atoms with Crippen molar-refractivity contribution >= 4 is 0 Å². The van der Waals surface area contributed by atoms with Crippen molar-refractivity contribution in [3.8, 4) is 0 Å². The predicted molar refractivity (Wildman–Crippen MR) is 49.7 cm³/mol. The van der Waals surface area contributed by atoms with Crippen molar-refractivity contribution in [3.63, 3.8) is 0 Å². The monoisotopic (exact) mass is 221 g/mol. The summed E-state index contributed by atoms with van der Waals surface area (Å²) >= 11 is 0. The standard InChI is InChI=1S/C10H14F3NO/c1-6(2)7-5-8(15-14-7)9(3,4)10(11,12)13/h5-6H,1-4H3. The van der Waals surface area contributed by atoms with Crippen molar-refractivity contribution in [3.05, 3.63) is 17.5 Å². The molecule has 86 valence electrons. The van der Waals surface area contributed by atoms with E-state index in [-0.39, 0.29) is 11.7 Å². The lowest BCUT2D eigenvalue weighted by atomic mass is 9.89. The maximum absolute atomic E-state index is 12.6. The highest BCUT2D eigenvalue weighted by molar-refractivity contribution is 5.18. The molecule has 1 aromatic rings. The van der Waals surface area contributed by atoms with E-state index in [1.165, 1.54) is 6.07 Å². The molecule has 0 fully saturated rings. The Morgan fingerprint density at radius 3 is 2.13 bits per heavy atom. The Bertz CT molecular complexity index is 339. The highest BCUT2D eigenvalue weighted by Gasteiger charge is 2.51. The second-order valence-electron chi connectivity index (χ2n) is 4.39. The van der Waals surface area contributed by atoms with Crippen LogP contribution in [0.4, 0.5) is 13.2 Å². The number of aromatic nitrogens is 1. The molecular formula is C10H14F3NO. The van der Waals surface area contributed by atoms with Gasteiger partial charge in [0.1, 0.15) is 5.41 Å². The fraction of sp³-hybridized carbons (Fsp3) is 0.700. The first-order chi connectivity index (χ1) is 6.66. The lowest BCUT2D eigenvalue weighted by molar-refractivity contribution is -0.185. The molecule has 0 aliphatic heterocycles. The van der Waals surface area contributed by atoms with Crippen LogP contribution in [0.1, 0.15) is 45.1 Å². The molecule has 1 heterocycles. The van der Waals surface area contributed by atoms with Gasteiger partial charge in [-0.15, -0.1) is 0 Å². The molecule has 15 heavy (non-hydrogen) atoms. The summed E-state index contributed by atoms with van der Waals surface area (Å²) in [4.78, 5) is 0. The zero-order valence-corrected chi connectivity index (χ0v) is 9.14. The van der Waals surface area contributed by atoms with Crippen LogP contribution in [0.25, 0.3) is 0 Å². The zero-order chi connectivity index (χ0) is 11.9. The van der Waals surface area contributed by atoms with E-state index < -0.39 is 11.6 Å². The molecule has 0 aliphatic rings. The Labute approximate surface area is 86.4 Å². The molecule has 0 saturated carbocycles. The average Bonchev–Trinajstić information content (AvgIpc) is 2.49. The molecule has 1 rings (SSSR count). The smallest absolute Gasteiger partial charge is 0.360 e. The molecule has 0 amide bonds. The lowest BCUT2D eigenvalue weighted by Crippen LogP contribution is -2.35. The van der Waals surface area contributed by atoms with E-state index in [4.69, 9.17) is 4.52 Å². The van der Waals surface area contributed by atoms with Crippen LogP contribution in [0.15, 0.2) is 10.6 Å². The Hall–Kier alpha value is -1.00. The maximum atomic E-state index is 12.6. The molecule has 0 bridgehead atoms. The van der Waals surface area contributed by atoms with E-state index in [0.717, 1.165) is 13.8 Å². The number of hydrogen-bond donors (Lipinski definition) is 0. The fourth-order valence-corrected chi connectivity index (χ4v) is 0.995. The van der Waals surface area contributed by atoms with Crippen molar-refractivity contribution in [1.29, 1.82) is 0 Å². The lowest BCUT2D eigenvalue weighted by Gasteiger charge is -2.24. The molecule has 2 nitrogen and oxygen atoms in total. The van der Waals surface area contributed by atoms with Gasteiger partial charge in [-0.2, -0.15) is 13.2 Å². The Morgan fingerprint density at radius 2 is 1.80 bits per heavy atom. The molecule has 0 atom stereocenters. The first-order valence-corrected chi connectivity index (χ1v) is 4.70. The summed E-state index contributed by atoms with van der Waals surface area (Å²) in [6.07, 6.45) is -4.33. The minimum atomic E-state index is -4.33. The minimum Gasteiger partial charge on any atom is -0.360 e. The van der Waals surface area contributed by atoms with Gasteiger partial charge in [0, 0.05) is 6.07 Å². The van der Waals surface area contributed by atoms with Gasteiger partial charge in [-0.05, 0) is 19.8 Å². The van der Waals surface area contributed by atoms with Gasteiger partial charge in [0.2, 0.25) is 0 Å². The van der Waals surface area contributed by atoms with Crippen molar-refractivity contribution in [2.75, 3.05) is 0 Å². The average molecular weight is 221 g/mol. The third kappa shape index (κ3) is 2.16. The van der Waals surface area contributed by atoms with Crippen LogP contribution in [-0.2, 0) is 5.41 Å². The molecule has 0 N–H and O–H groups in total. The van der Waals surface area contributed by atoms with E-state index in [1.54, 1.807) is 0 Å². The van der Waals surface area contributed by atoms with Gasteiger partial charge in [0.05, 0.1) is 5.69 Å². The third-order valence-electron chi connectivity index (χ3n) is 2.44. The quantitative estimate of drug-likeness (QED) is 0.762. The number of nitrogens with zero attached hydrogens (tertiary/aromatic N) is 1. The van der Waals surface area contributed by atoms with E-state index in [0.29, 0.717) is 5.69 Å². The van der Waals surface area contributed by atoms with Crippen molar-refractivity contribution in [1.82, 2.24) is 5.16 Å². The van der Waals surface area contributed by atoms with E-state index in [1.807, 2.05) is 13.8 Å². The molecule has 0 aromatic carbocycles. The first kappa shape index (κ1) is 12.1. The highest BCUT2D eigenvalue weighted by Crippen LogP contribution is 2.40. The predicted octanol–water partition coefficient (Wildman–Crippen LogP) is 3.64. The second kappa shape index (κ2) is 3.54. The summed E-state index contributed by atoms with van der Waals surface area (Å²) < 4.78 is 42.7. The summed E-state index contributed by atoms with van der Waals surface area (Å²) in [6.45, 7) is 5.86. The van der Waals surface area contributed by atoms with Crippen molar-refractivity contribution in [2.45, 2.75) is 45.2 Å². The number of alkyl halides is 3. The van der Waals surface area contributed by atoms with Gasteiger partial charge in [-0.25, -0.2) is 0 Å². The molecule has 0 aliphatic carbocycles. The molecule has 0 spiro atoms. The number of halogens is 3. The van der Waals surface area contributed by atoms with Gasteiger partial charge >= 0.3 is 6.18 Å². The van der Waals surface area contributed by atoms with Gasteiger partial charge in [-0.3, -0.25) is 0 Å². The van der Waals surface area contributed by atoms with Crippen LogP contribution in [0, 0.1) is 0 Å². The summed E-state index contributed by atoms with van der Waals surface area (Å²) in [7, 11) is 0. The topological polar surface area (TPSA) is 26.0 Å². The molecule has 0 unspecified atom stereocenters. The van der Waals surface area contributed by atoms with Gasteiger partial charge in [0.15, 0.2) is 5.76 Å². The van der Waals surface area contributed by atoms with Crippen LogP contribution >= 0.6 is 0 Å². The Kier molecular flexibility index (Phi) is 2.85. The second-order valence-corrected chi connectivity index (χ2v) is 4.39. The summed E-state index contributed by atoms with van der Waals surface area (Å²) in [5.74, 6) is -0.0785. The van der Waals surface area contributed by atoms with Gasteiger partial charge in [-0.1, -0.05) is 19.0 Å². The van der Waals surface area contributed by atoms with Crippen LogP contribution in [0.5, 0.6) is 0 Å². The Morgan fingerprint density at radius 1 is 1.27 bits per heavy atom. The van der Waals surface area contributed by atoms with Crippen molar-refractivity contribution in [2.24, 2.45) is 0 Å². The third-order valence-corrected chi connectivity index (χ3v) is 2.44. The normalized spacial score (nSPS) is 13.6. The summed E-state index contributed by atoms with van der Waals surface area (Å²) in [5, 5.41) is 3.62. The molecule has 5 heteroatoms. The van der Waals surface area contributed by atoms with Gasteiger partial charge < -0.3 is 4.52 Å². The van der Waals surface area contributed by atoms with Crippen LogP contribution in [0.2, 0.25) is 0 Å².